The van der Waals surface area contributed by atoms with Crippen molar-refractivity contribution in [2.45, 2.75) is 54.4 Å². The van der Waals surface area contributed by atoms with Crippen molar-refractivity contribution in [2.24, 2.45) is 5.92 Å². The highest BCUT2D eigenvalue weighted by molar-refractivity contribution is 6.71. The van der Waals surface area contributed by atoms with E-state index in [9.17, 15) is 0 Å². The van der Waals surface area contributed by atoms with Crippen molar-refractivity contribution in [2.75, 3.05) is 0 Å². The molecule has 0 saturated heterocycles. The summed E-state index contributed by atoms with van der Waals surface area (Å²) in [6.45, 7) is 13.5. The van der Waals surface area contributed by atoms with Crippen LogP contribution in [0.15, 0.2) is 42.5 Å². The Morgan fingerprint density at radius 3 is 2.00 bits per heavy atom. The summed E-state index contributed by atoms with van der Waals surface area (Å²) in [4.78, 5) is 0. The molecule has 0 N–H and O–H groups in total. The molecule has 0 nitrogen and oxygen atoms in total. The van der Waals surface area contributed by atoms with Gasteiger partial charge >= 0.3 is 0 Å². The molecule has 1 heteroatoms. The Labute approximate surface area is 159 Å². The molecule has 1 radical (unpaired) electrons. The smallest absolute Gasteiger partial charge is 0.0757 e. The minimum absolute atomic E-state index is 0.717. The topological polar surface area (TPSA) is 0 Å². The van der Waals surface area contributed by atoms with E-state index in [1.807, 2.05) is 0 Å². The van der Waals surface area contributed by atoms with Gasteiger partial charge in [-0.1, -0.05) is 95.9 Å². The van der Waals surface area contributed by atoms with E-state index in [0.29, 0.717) is 5.92 Å². The van der Waals surface area contributed by atoms with Crippen molar-refractivity contribution >= 4 is 29.0 Å². The molecule has 26 heavy (non-hydrogen) atoms. The van der Waals surface area contributed by atoms with Crippen molar-refractivity contribution in [1.29, 1.82) is 0 Å². The van der Waals surface area contributed by atoms with E-state index in [1.54, 1.807) is 0 Å². The quantitative estimate of drug-likeness (QED) is 0.551. The fourth-order valence-electron chi connectivity index (χ4n) is 4.07. The van der Waals surface area contributed by atoms with Crippen LogP contribution >= 0.6 is 0 Å². The SMILES string of the molecule is CCC(C)Cc1cc(C)c([B]c2c(C)cc(C)cc2C)c2ccccc12. The fraction of sp³-hybridized carbons (Fsp3) is 0.360. The van der Waals surface area contributed by atoms with Crippen molar-refractivity contribution in [3.63, 3.8) is 0 Å². The highest BCUT2D eigenvalue weighted by Gasteiger charge is 2.15. The lowest BCUT2D eigenvalue weighted by Gasteiger charge is -2.18. The van der Waals surface area contributed by atoms with Crippen LogP contribution in [-0.4, -0.2) is 7.28 Å². The van der Waals surface area contributed by atoms with Gasteiger partial charge in [-0.3, -0.25) is 0 Å². The van der Waals surface area contributed by atoms with Crippen LogP contribution in [0.2, 0.25) is 0 Å². The molecule has 0 amide bonds. The van der Waals surface area contributed by atoms with Crippen LogP contribution < -0.4 is 10.9 Å². The van der Waals surface area contributed by atoms with Crippen molar-refractivity contribution in [1.82, 2.24) is 0 Å². The summed E-state index contributed by atoms with van der Waals surface area (Å²) >= 11 is 0. The van der Waals surface area contributed by atoms with Gasteiger partial charge in [0, 0.05) is 0 Å². The standard InChI is InChI=1S/C25H30B/c1-7-16(2)14-21-15-20(6)25(23-11-9-8-10-22(21)23)26-24-18(4)12-17(3)13-19(24)5/h8-13,15-16H,7,14H2,1-6H3. The van der Waals surface area contributed by atoms with Crippen LogP contribution in [-0.2, 0) is 6.42 Å². The minimum atomic E-state index is 0.717. The third-order valence-corrected chi connectivity index (χ3v) is 5.67. The van der Waals surface area contributed by atoms with Gasteiger partial charge in [-0.2, -0.15) is 0 Å². The van der Waals surface area contributed by atoms with E-state index in [4.69, 9.17) is 0 Å². The van der Waals surface area contributed by atoms with Crippen molar-refractivity contribution in [3.05, 3.63) is 70.3 Å². The number of benzene rings is 3. The molecule has 0 saturated carbocycles. The van der Waals surface area contributed by atoms with Crippen LogP contribution in [0.1, 0.15) is 48.1 Å². The zero-order chi connectivity index (χ0) is 18.8. The molecular formula is C25H30B. The van der Waals surface area contributed by atoms with E-state index < -0.39 is 0 Å². The fourth-order valence-corrected chi connectivity index (χ4v) is 4.07. The summed E-state index contributed by atoms with van der Waals surface area (Å²) in [5.74, 6) is 0.717. The minimum Gasteiger partial charge on any atom is -0.0757 e. The maximum Gasteiger partial charge on any atom is 0.193 e. The lowest BCUT2D eigenvalue weighted by atomic mass is 9.58. The zero-order valence-electron chi connectivity index (χ0n) is 17.1. The summed E-state index contributed by atoms with van der Waals surface area (Å²) in [6, 6.07) is 15.9. The number of aryl methyl sites for hydroxylation is 4. The second-order valence-electron chi connectivity index (χ2n) is 7.99. The van der Waals surface area contributed by atoms with E-state index in [-0.39, 0.29) is 0 Å². The molecule has 0 fully saturated rings. The zero-order valence-corrected chi connectivity index (χ0v) is 17.1. The maximum absolute atomic E-state index is 2.42. The first-order chi connectivity index (χ1) is 12.4. The number of rotatable bonds is 5. The van der Waals surface area contributed by atoms with Gasteiger partial charge in [-0.25, -0.2) is 0 Å². The molecule has 0 bridgehead atoms. The van der Waals surface area contributed by atoms with E-state index in [1.165, 1.54) is 55.9 Å². The summed E-state index contributed by atoms with van der Waals surface area (Å²) < 4.78 is 0. The Balaban J connectivity index is 2.13. The van der Waals surface area contributed by atoms with Gasteiger partial charge in [-0.15, -0.1) is 0 Å². The molecule has 0 heterocycles. The van der Waals surface area contributed by atoms with E-state index in [0.717, 1.165) is 6.42 Å². The van der Waals surface area contributed by atoms with Gasteiger partial charge in [0.15, 0.2) is 7.28 Å². The maximum atomic E-state index is 2.42. The molecule has 0 aliphatic heterocycles. The van der Waals surface area contributed by atoms with Gasteiger partial charge in [0.05, 0.1) is 0 Å². The predicted octanol–water partition coefficient (Wildman–Crippen LogP) is 5.32. The molecule has 0 aliphatic rings. The average molecular weight is 341 g/mol. The molecule has 1 atom stereocenters. The first-order valence-electron chi connectivity index (χ1n) is 9.84. The molecule has 0 aliphatic carbocycles. The first-order valence-corrected chi connectivity index (χ1v) is 9.84. The molecule has 0 spiro atoms. The van der Waals surface area contributed by atoms with Gasteiger partial charge in [0.25, 0.3) is 0 Å². The van der Waals surface area contributed by atoms with Gasteiger partial charge < -0.3 is 0 Å². The molecule has 3 rings (SSSR count). The third-order valence-electron chi connectivity index (χ3n) is 5.67. The molecule has 3 aromatic carbocycles. The normalized spacial score (nSPS) is 12.4. The van der Waals surface area contributed by atoms with Crippen LogP contribution in [0.25, 0.3) is 10.8 Å². The van der Waals surface area contributed by atoms with Crippen LogP contribution in [0.5, 0.6) is 0 Å². The average Bonchev–Trinajstić information content (AvgIpc) is 2.60. The summed E-state index contributed by atoms with van der Waals surface area (Å²) in [6.07, 6.45) is 2.38. The van der Waals surface area contributed by atoms with E-state index in [2.05, 4.69) is 91.3 Å². The molecular weight excluding hydrogens is 311 g/mol. The van der Waals surface area contributed by atoms with Gasteiger partial charge in [0.1, 0.15) is 0 Å². The Bertz CT molecular complexity index is 913. The highest BCUT2D eigenvalue weighted by atomic mass is 14.1. The number of fused-ring (bicyclic) bond motifs is 1. The van der Waals surface area contributed by atoms with Crippen molar-refractivity contribution in [3.8, 4) is 0 Å². The summed E-state index contributed by atoms with van der Waals surface area (Å²) in [7, 11) is 2.40. The monoisotopic (exact) mass is 341 g/mol. The molecule has 0 aromatic heterocycles. The second-order valence-corrected chi connectivity index (χ2v) is 7.99. The molecule has 133 valence electrons. The lowest BCUT2D eigenvalue weighted by Crippen LogP contribution is -2.33. The van der Waals surface area contributed by atoms with Gasteiger partial charge in [-0.05, 0) is 56.4 Å². The lowest BCUT2D eigenvalue weighted by molar-refractivity contribution is 0.562. The third kappa shape index (κ3) is 3.72. The Morgan fingerprint density at radius 2 is 1.38 bits per heavy atom. The largest absolute Gasteiger partial charge is 0.193 e. The first kappa shape index (κ1) is 18.8. The van der Waals surface area contributed by atoms with Gasteiger partial charge in [0.2, 0.25) is 0 Å². The summed E-state index contributed by atoms with van der Waals surface area (Å²) in [5, 5.41) is 2.79. The predicted molar refractivity (Wildman–Crippen MR) is 118 cm³/mol. The molecule has 3 aromatic rings. The highest BCUT2D eigenvalue weighted by Crippen LogP contribution is 2.23. The number of hydrogen-bond donors (Lipinski definition) is 0. The van der Waals surface area contributed by atoms with Crippen molar-refractivity contribution < 1.29 is 0 Å². The Hall–Kier alpha value is -2.02. The van der Waals surface area contributed by atoms with Crippen LogP contribution in [0.3, 0.4) is 0 Å². The Kier molecular flexibility index (Phi) is 5.56. The van der Waals surface area contributed by atoms with E-state index >= 15 is 0 Å². The Morgan fingerprint density at radius 1 is 0.808 bits per heavy atom. The molecule has 1 unspecified atom stereocenters. The van der Waals surface area contributed by atoms with Crippen LogP contribution in [0.4, 0.5) is 0 Å². The second kappa shape index (κ2) is 7.70. The summed E-state index contributed by atoms with van der Waals surface area (Å²) in [5.41, 5.74) is 9.64. The number of hydrogen-bond acceptors (Lipinski definition) is 0. The van der Waals surface area contributed by atoms with Crippen LogP contribution in [0, 0.1) is 33.6 Å².